The van der Waals surface area contributed by atoms with Crippen molar-refractivity contribution < 1.29 is 61.2 Å². The van der Waals surface area contributed by atoms with Crippen LogP contribution in [0.2, 0.25) is 36.3 Å². The Morgan fingerprint density at radius 3 is 1.84 bits per heavy atom. The molecule has 0 spiro atoms. The van der Waals surface area contributed by atoms with Crippen LogP contribution in [-0.4, -0.2) is 106 Å². The van der Waals surface area contributed by atoms with Gasteiger partial charge in [-0.1, -0.05) is 41.5 Å². The van der Waals surface area contributed by atoms with Crippen molar-refractivity contribution in [2.24, 2.45) is 0 Å². The Morgan fingerprint density at radius 2 is 1.31 bits per heavy atom. The Balaban J connectivity index is 1.97. The fourth-order valence-electron chi connectivity index (χ4n) is 5.55. The third-order valence-electron chi connectivity index (χ3n) is 10.6. The number of nitrogens with one attached hydrogen (secondary N) is 1. The Morgan fingerprint density at radius 1 is 0.764 bits per heavy atom. The van der Waals surface area contributed by atoms with Gasteiger partial charge >= 0.3 is 29.6 Å². The molecule has 3 heterocycles. The van der Waals surface area contributed by atoms with Crippen LogP contribution in [-0.2, 0) is 67.8 Å². The van der Waals surface area contributed by atoms with Crippen LogP contribution in [0.25, 0.3) is 0 Å². The fourth-order valence-corrected chi connectivity index (χ4v) is 7.92. The van der Waals surface area contributed by atoms with Crippen molar-refractivity contribution >= 4 is 40.5 Å². The Bertz CT molecular complexity index is 1660. The van der Waals surface area contributed by atoms with Crippen LogP contribution >= 0.6 is 0 Å². The van der Waals surface area contributed by atoms with Gasteiger partial charge in [-0.25, -0.2) is 4.79 Å². The van der Waals surface area contributed by atoms with Crippen molar-refractivity contribution in [3.63, 3.8) is 0 Å². The average molecular weight is 817 g/mol. The van der Waals surface area contributed by atoms with Gasteiger partial charge in [0.2, 0.25) is 0 Å². The molecule has 1 aromatic heterocycles. The topological polar surface area (TPSA) is 206 Å². The molecule has 2 fully saturated rings. The molecule has 19 heteroatoms. The predicted molar refractivity (Wildman–Crippen MR) is 202 cm³/mol. The minimum atomic E-state index is -2.31. The van der Waals surface area contributed by atoms with Gasteiger partial charge in [0, 0.05) is 40.3 Å². The maximum Gasteiger partial charge on any atom is 0.330 e. The molecular formula is C36H60N2O15Si2. The molecule has 55 heavy (non-hydrogen) atoms. The maximum atomic E-state index is 13.3. The molecule has 17 nitrogen and oxygen atoms in total. The number of hydrogen-bond donors (Lipinski definition) is 1. The number of esters is 4. The number of aromatic amines is 1. The van der Waals surface area contributed by atoms with Gasteiger partial charge in [0.15, 0.2) is 41.2 Å². The van der Waals surface area contributed by atoms with Crippen LogP contribution in [0.5, 0.6) is 0 Å². The van der Waals surface area contributed by atoms with Crippen LogP contribution in [0.4, 0.5) is 0 Å². The number of H-pyrrole nitrogens is 1. The zero-order valence-corrected chi connectivity index (χ0v) is 36.6. The molecule has 0 bridgehead atoms. The molecule has 0 aliphatic carbocycles. The van der Waals surface area contributed by atoms with Crippen molar-refractivity contribution in [2.45, 2.75) is 168 Å². The van der Waals surface area contributed by atoms with E-state index in [0.29, 0.717) is 6.42 Å². The summed E-state index contributed by atoms with van der Waals surface area (Å²) in [5, 5.41) is -0.160. The van der Waals surface area contributed by atoms with E-state index < -0.39 is 114 Å². The summed E-state index contributed by atoms with van der Waals surface area (Å²) in [6, 6.07) is 0. The van der Waals surface area contributed by atoms with Gasteiger partial charge < -0.3 is 42.0 Å². The molecule has 0 aromatic carbocycles. The average Bonchev–Trinajstić information content (AvgIpc) is 3.40. The molecule has 312 valence electrons. The first-order valence-corrected chi connectivity index (χ1v) is 24.2. The maximum absolute atomic E-state index is 13.3. The smallest absolute Gasteiger partial charge is 0.330 e. The van der Waals surface area contributed by atoms with Crippen molar-refractivity contribution in [3.05, 3.63) is 32.6 Å². The fraction of sp³-hybridized carbons (Fsp3) is 0.778. The van der Waals surface area contributed by atoms with E-state index >= 15 is 0 Å². The summed E-state index contributed by atoms with van der Waals surface area (Å²) in [6.45, 7) is 25.2. The van der Waals surface area contributed by atoms with E-state index in [-0.39, 0.29) is 22.2 Å². The van der Waals surface area contributed by atoms with Gasteiger partial charge in [0.05, 0.1) is 24.9 Å². The van der Waals surface area contributed by atoms with Crippen molar-refractivity contribution in [3.8, 4) is 0 Å². The number of rotatable bonds is 14. The minimum Gasteiger partial charge on any atom is -0.463 e. The summed E-state index contributed by atoms with van der Waals surface area (Å²) in [5.41, 5.74) is -1.52. The van der Waals surface area contributed by atoms with Crippen LogP contribution in [0.15, 0.2) is 15.8 Å². The number of nitrogens with zero attached hydrogens (tertiary/aromatic N) is 1. The van der Waals surface area contributed by atoms with Crippen LogP contribution in [0, 0.1) is 0 Å². The van der Waals surface area contributed by atoms with Gasteiger partial charge in [-0.2, -0.15) is 0 Å². The largest absolute Gasteiger partial charge is 0.463 e. The summed E-state index contributed by atoms with van der Waals surface area (Å²) in [4.78, 5) is 77.0. The lowest BCUT2D eigenvalue weighted by atomic mass is 9.98. The van der Waals surface area contributed by atoms with E-state index in [9.17, 15) is 28.8 Å². The molecule has 3 rings (SSSR count). The molecule has 0 amide bonds. The first kappa shape index (κ1) is 46.2. The summed E-state index contributed by atoms with van der Waals surface area (Å²) in [5.74, 6) is -3.09. The number of carbonyl (C=O) groups excluding carboxylic acids is 4. The third kappa shape index (κ3) is 12.1. The second-order valence-electron chi connectivity index (χ2n) is 17.1. The molecule has 2 aliphatic heterocycles. The van der Waals surface area contributed by atoms with Crippen molar-refractivity contribution in [2.75, 3.05) is 13.2 Å². The summed E-state index contributed by atoms with van der Waals surface area (Å²) >= 11 is 0. The lowest BCUT2D eigenvalue weighted by molar-refractivity contribution is -0.310. The van der Waals surface area contributed by atoms with Crippen molar-refractivity contribution in [1.29, 1.82) is 0 Å². The quantitative estimate of drug-likeness (QED) is 0.161. The van der Waals surface area contributed by atoms with Gasteiger partial charge in [-0.15, -0.1) is 0 Å². The van der Waals surface area contributed by atoms with Gasteiger partial charge in [0.1, 0.15) is 25.0 Å². The third-order valence-corrected chi connectivity index (χ3v) is 19.6. The van der Waals surface area contributed by atoms with E-state index in [2.05, 4.69) is 72.7 Å². The molecule has 0 radical (unpaired) electrons. The lowest BCUT2D eigenvalue weighted by Crippen LogP contribution is -2.62. The van der Waals surface area contributed by atoms with E-state index in [1.54, 1.807) is 0 Å². The zero-order valence-electron chi connectivity index (χ0n) is 34.6. The SMILES string of the molecule is CC(=O)OC[C@H]1O[C@@H](OCc2cn([C@H]3C[C@H](O[Si](C)(C)C(C)(C)C)[C@@H](CO[Si](C)(C)C(C)(C)C)O3)c(=O)[nH]c2=O)[C@H](OC(C)=O)[C@@H](OC(C)=O)[C@@H]1OC(C)=O. The van der Waals surface area contributed by atoms with Crippen LogP contribution in [0.3, 0.4) is 0 Å². The second kappa shape index (κ2) is 17.9. The molecule has 0 saturated carbocycles. The normalized spacial score (nSPS) is 26.3. The van der Waals surface area contributed by atoms with E-state index in [1.165, 1.54) is 10.8 Å². The zero-order chi connectivity index (χ0) is 41.8. The van der Waals surface area contributed by atoms with E-state index in [1.807, 2.05) is 0 Å². The number of carbonyl (C=O) groups is 4. The monoisotopic (exact) mass is 816 g/mol. The van der Waals surface area contributed by atoms with E-state index in [4.69, 9.17) is 42.0 Å². The Hall–Kier alpha value is -3.21. The highest BCUT2D eigenvalue weighted by atomic mass is 28.4. The Labute approximate surface area is 324 Å². The summed E-state index contributed by atoms with van der Waals surface area (Å²) in [7, 11) is -4.50. The second-order valence-corrected chi connectivity index (χ2v) is 26.6. The summed E-state index contributed by atoms with van der Waals surface area (Å²) < 4.78 is 54.6. The highest BCUT2D eigenvalue weighted by Gasteiger charge is 2.53. The molecular weight excluding hydrogens is 757 g/mol. The molecule has 8 atom stereocenters. The number of aromatic nitrogens is 2. The minimum absolute atomic E-state index is 0.0288. The summed E-state index contributed by atoms with van der Waals surface area (Å²) in [6.07, 6.45) is -7.29. The number of ether oxygens (including phenoxy) is 7. The van der Waals surface area contributed by atoms with Gasteiger partial charge in [-0.05, 0) is 36.3 Å². The van der Waals surface area contributed by atoms with Crippen LogP contribution < -0.4 is 11.2 Å². The first-order chi connectivity index (χ1) is 25.1. The molecule has 1 N–H and O–H groups in total. The predicted octanol–water partition coefficient (Wildman–Crippen LogP) is 3.84. The number of hydrogen-bond acceptors (Lipinski definition) is 15. The molecule has 1 aromatic rings. The van der Waals surface area contributed by atoms with E-state index in [0.717, 1.165) is 27.7 Å². The molecule has 2 aliphatic rings. The van der Waals surface area contributed by atoms with Crippen LogP contribution in [0.1, 0.15) is 87.4 Å². The van der Waals surface area contributed by atoms with Gasteiger partial charge in [0.25, 0.3) is 5.56 Å². The highest BCUT2D eigenvalue weighted by Crippen LogP contribution is 2.42. The van der Waals surface area contributed by atoms with Gasteiger partial charge in [-0.3, -0.25) is 33.5 Å². The molecule has 0 unspecified atom stereocenters. The van der Waals surface area contributed by atoms with Crippen molar-refractivity contribution in [1.82, 2.24) is 9.55 Å². The molecule has 2 saturated heterocycles. The first-order valence-electron chi connectivity index (χ1n) is 18.4. The standard InChI is InChI=1S/C36H60N2O15Si2/c1-20(39)45-18-27-29(48-21(2)40)30(49-22(3)41)31(50-23(4)42)33(52-27)46-17-24-16-38(34(44)37-32(24)43)28-15-25(53-55(13,14)36(8,9)10)26(51-28)19-47-54(11,12)35(5,6)7/h16,25-31,33H,15,17-19H2,1-14H3,(H,37,43,44)/t25-,26+,27+,28+,29+,30-,31+,33+/m0/s1. The Kier molecular flexibility index (Phi) is 15.1. The lowest BCUT2D eigenvalue weighted by Gasteiger charge is -2.44. The highest BCUT2D eigenvalue weighted by molar-refractivity contribution is 6.74.